The Balaban J connectivity index is 1.42. The number of hydrogen-bond acceptors (Lipinski definition) is 5. The summed E-state index contributed by atoms with van der Waals surface area (Å²) in [6.07, 6.45) is 0.186. The van der Waals surface area contributed by atoms with Gasteiger partial charge in [-0.25, -0.2) is 8.42 Å². The Morgan fingerprint density at radius 2 is 1.91 bits per heavy atom. The summed E-state index contributed by atoms with van der Waals surface area (Å²) in [6.45, 7) is 3.96. The first-order valence-electron chi connectivity index (χ1n) is 10.3. The van der Waals surface area contributed by atoms with Crippen LogP contribution < -0.4 is 15.4 Å². The summed E-state index contributed by atoms with van der Waals surface area (Å²) >= 11 is 6.02. The molecule has 170 valence electrons. The summed E-state index contributed by atoms with van der Waals surface area (Å²) in [5, 5.41) is 6.11. The summed E-state index contributed by atoms with van der Waals surface area (Å²) < 4.78 is 33.1. The standard InChI is InChI=1S/C22H24ClN3O5S/c1-13-3-4-16(23)11-18(13)24-22(28)15-7-9-26(10-8-15)32(29,30)17-5-6-20-19(12-17)25-21(27)14(2)31-20/h3-6,11-12,14-15H,7-10H2,1-2H3,(H,24,28)(H,25,27). The van der Waals surface area contributed by atoms with Crippen LogP contribution >= 0.6 is 11.6 Å². The van der Waals surface area contributed by atoms with Crippen LogP contribution in [-0.2, 0) is 19.6 Å². The molecule has 0 aliphatic carbocycles. The van der Waals surface area contributed by atoms with Gasteiger partial charge in [-0.3, -0.25) is 9.59 Å². The molecule has 2 aliphatic rings. The molecular weight excluding hydrogens is 454 g/mol. The second kappa shape index (κ2) is 8.73. The summed E-state index contributed by atoms with van der Waals surface area (Å²) in [5.74, 6) is -0.329. The molecule has 2 heterocycles. The first kappa shape index (κ1) is 22.6. The fourth-order valence-electron chi connectivity index (χ4n) is 3.82. The van der Waals surface area contributed by atoms with E-state index in [2.05, 4.69) is 10.6 Å². The van der Waals surface area contributed by atoms with Gasteiger partial charge in [0, 0.05) is 29.7 Å². The minimum Gasteiger partial charge on any atom is -0.479 e. The number of ether oxygens (including phenoxy) is 1. The molecule has 32 heavy (non-hydrogen) atoms. The van der Waals surface area contributed by atoms with E-state index in [4.69, 9.17) is 16.3 Å². The summed E-state index contributed by atoms with van der Waals surface area (Å²) in [7, 11) is -3.77. The zero-order valence-corrected chi connectivity index (χ0v) is 19.3. The van der Waals surface area contributed by atoms with Crippen molar-refractivity contribution >= 4 is 44.8 Å². The molecule has 2 aromatic rings. The van der Waals surface area contributed by atoms with Crippen LogP contribution in [0.25, 0.3) is 0 Å². The Kier molecular flexibility index (Phi) is 6.15. The first-order valence-corrected chi connectivity index (χ1v) is 12.2. The third-order valence-corrected chi connectivity index (χ3v) is 7.93. The predicted octanol–water partition coefficient (Wildman–Crippen LogP) is 3.41. The van der Waals surface area contributed by atoms with Crippen LogP contribution in [0.4, 0.5) is 11.4 Å². The van der Waals surface area contributed by atoms with Crippen LogP contribution in [0.1, 0.15) is 25.3 Å². The second-order valence-corrected chi connectivity index (χ2v) is 10.4. The molecule has 8 nitrogen and oxygen atoms in total. The number of carbonyl (C=O) groups is 2. The van der Waals surface area contributed by atoms with E-state index in [0.717, 1.165) is 5.56 Å². The fourth-order valence-corrected chi connectivity index (χ4v) is 5.49. The molecule has 2 N–H and O–H groups in total. The average molecular weight is 478 g/mol. The number of amides is 2. The molecule has 2 aromatic carbocycles. The lowest BCUT2D eigenvalue weighted by Crippen LogP contribution is -2.41. The lowest BCUT2D eigenvalue weighted by molar-refractivity contribution is -0.123. The summed E-state index contributed by atoms with van der Waals surface area (Å²) in [5.41, 5.74) is 1.89. The molecule has 1 fully saturated rings. The van der Waals surface area contributed by atoms with Crippen molar-refractivity contribution in [3.63, 3.8) is 0 Å². The molecular formula is C22H24ClN3O5S. The van der Waals surface area contributed by atoms with Gasteiger partial charge in [-0.15, -0.1) is 0 Å². The van der Waals surface area contributed by atoms with Crippen LogP contribution in [0, 0.1) is 12.8 Å². The van der Waals surface area contributed by atoms with Gasteiger partial charge in [0.05, 0.1) is 10.6 Å². The number of nitrogens with zero attached hydrogens (tertiary/aromatic N) is 1. The van der Waals surface area contributed by atoms with E-state index in [0.29, 0.717) is 35.0 Å². The van der Waals surface area contributed by atoms with Gasteiger partial charge in [0.2, 0.25) is 15.9 Å². The van der Waals surface area contributed by atoms with Crippen LogP contribution in [0.2, 0.25) is 5.02 Å². The Hall–Kier alpha value is -2.62. The number of nitrogens with one attached hydrogen (secondary N) is 2. The number of halogens is 1. The van der Waals surface area contributed by atoms with Gasteiger partial charge in [-0.2, -0.15) is 4.31 Å². The smallest absolute Gasteiger partial charge is 0.265 e. The normalized spacial score (nSPS) is 19.6. The van der Waals surface area contributed by atoms with E-state index in [1.54, 1.807) is 25.1 Å². The van der Waals surface area contributed by atoms with Crippen molar-refractivity contribution < 1.29 is 22.7 Å². The Labute approximate surface area is 191 Å². The quantitative estimate of drug-likeness (QED) is 0.702. The van der Waals surface area contributed by atoms with E-state index in [1.165, 1.54) is 16.4 Å². The number of fused-ring (bicyclic) bond motifs is 1. The molecule has 0 saturated carbocycles. The molecule has 1 atom stereocenters. The van der Waals surface area contributed by atoms with Crippen molar-refractivity contribution in [1.82, 2.24) is 4.31 Å². The maximum atomic E-state index is 13.1. The van der Waals surface area contributed by atoms with E-state index < -0.39 is 16.1 Å². The molecule has 2 aliphatic heterocycles. The SMILES string of the molecule is Cc1ccc(Cl)cc1NC(=O)C1CCN(S(=O)(=O)c2ccc3c(c2)NC(=O)C(C)O3)CC1. The number of hydrogen-bond donors (Lipinski definition) is 2. The van der Waals surface area contributed by atoms with E-state index in [9.17, 15) is 18.0 Å². The van der Waals surface area contributed by atoms with Crippen molar-refractivity contribution in [3.8, 4) is 5.75 Å². The van der Waals surface area contributed by atoms with Gasteiger partial charge in [-0.05, 0) is 62.6 Å². The van der Waals surface area contributed by atoms with Crippen LogP contribution in [-0.4, -0.2) is 43.7 Å². The molecule has 10 heteroatoms. The van der Waals surface area contributed by atoms with Gasteiger partial charge in [0.1, 0.15) is 5.75 Å². The Bertz CT molecular complexity index is 1180. The number of sulfonamides is 1. The maximum Gasteiger partial charge on any atom is 0.265 e. The van der Waals surface area contributed by atoms with Crippen molar-refractivity contribution in [2.75, 3.05) is 23.7 Å². The van der Waals surface area contributed by atoms with E-state index in [-0.39, 0.29) is 35.7 Å². The summed E-state index contributed by atoms with van der Waals surface area (Å²) in [4.78, 5) is 24.6. The molecule has 2 amide bonds. The third kappa shape index (κ3) is 4.46. The minimum atomic E-state index is -3.77. The Morgan fingerprint density at radius 3 is 2.62 bits per heavy atom. The molecule has 0 bridgehead atoms. The van der Waals surface area contributed by atoms with Crippen LogP contribution in [0.3, 0.4) is 0 Å². The number of rotatable bonds is 4. The van der Waals surface area contributed by atoms with Gasteiger partial charge >= 0.3 is 0 Å². The minimum absolute atomic E-state index is 0.0761. The van der Waals surface area contributed by atoms with Crippen molar-refractivity contribution in [2.45, 2.75) is 37.7 Å². The number of benzene rings is 2. The van der Waals surface area contributed by atoms with E-state index in [1.807, 2.05) is 13.0 Å². The third-order valence-electron chi connectivity index (χ3n) is 5.80. The Morgan fingerprint density at radius 1 is 1.19 bits per heavy atom. The molecule has 0 aromatic heterocycles. The summed E-state index contributed by atoms with van der Waals surface area (Å²) in [6, 6.07) is 9.72. The molecule has 0 spiro atoms. The molecule has 1 saturated heterocycles. The van der Waals surface area contributed by atoms with Gasteiger partial charge in [-0.1, -0.05) is 17.7 Å². The van der Waals surface area contributed by atoms with Crippen molar-refractivity contribution in [3.05, 3.63) is 47.0 Å². The number of anilines is 2. The highest BCUT2D eigenvalue weighted by molar-refractivity contribution is 7.89. The van der Waals surface area contributed by atoms with Crippen molar-refractivity contribution in [2.24, 2.45) is 5.92 Å². The lowest BCUT2D eigenvalue weighted by Gasteiger charge is -2.31. The van der Waals surface area contributed by atoms with Crippen LogP contribution in [0.5, 0.6) is 5.75 Å². The topological polar surface area (TPSA) is 105 Å². The number of carbonyl (C=O) groups excluding carboxylic acids is 2. The number of aryl methyl sites for hydroxylation is 1. The number of piperidine rings is 1. The van der Waals surface area contributed by atoms with Gasteiger partial charge < -0.3 is 15.4 Å². The van der Waals surface area contributed by atoms with Gasteiger partial charge in [0.15, 0.2) is 6.10 Å². The van der Waals surface area contributed by atoms with Gasteiger partial charge in [0.25, 0.3) is 5.91 Å². The van der Waals surface area contributed by atoms with E-state index >= 15 is 0 Å². The zero-order valence-electron chi connectivity index (χ0n) is 17.7. The molecule has 1 unspecified atom stereocenters. The van der Waals surface area contributed by atoms with Crippen LogP contribution in [0.15, 0.2) is 41.3 Å². The molecule has 4 rings (SSSR count). The maximum absolute atomic E-state index is 13.1. The second-order valence-electron chi connectivity index (χ2n) is 8.03. The first-order chi connectivity index (χ1) is 15.1. The zero-order chi connectivity index (χ0) is 23.0. The average Bonchev–Trinajstić information content (AvgIpc) is 2.76. The highest BCUT2D eigenvalue weighted by Gasteiger charge is 2.33. The predicted molar refractivity (Wildman–Crippen MR) is 121 cm³/mol. The monoisotopic (exact) mass is 477 g/mol. The fraction of sp³-hybridized carbons (Fsp3) is 0.364. The highest BCUT2D eigenvalue weighted by atomic mass is 35.5. The largest absolute Gasteiger partial charge is 0.479 e. The lowest BCUT2D eigenvalue weighted by atomic mass is 9.97. The highest BCUT2D eigenvalue weighted by Crippen LogP contribution is 2.34. The molecule has 0 radical (unpaired) electrons. The van der Waals surface area contributed by atoms with Crippen molar-refractivity contribution in [1.29, 1.82) is 0 Å².